The minimum absolute atomic E-state index is 0.0972. The van der Waals surface area contributed by atoms with E-state index in [1.54, 1.807) is 0 Å². The van der Waals surface area contributed by atoms with E-state index >= 15 is 0 Å². The third-order valence-corrected chi connectivity index (χ3v) is 2.51. The summed E-state index contributed by atoms with van der Waals surface area (Å²) in [7, 11) is 0. The molecule has 0 atom stereocenters. The van der Waals surface area contributed by atoms with E-state index < -0.39 is 12.6 Å². The lowest BCUT2D eigenvalue weighted by atomic mass is 9.98. The topological polar surface area (TPSA) is 9.23 Å². The van der Waals surface area contributed by atoms with Gasteiger partial charge in [-0.25, -0.2) is 0 Å². The van der Waals surface area contributed by atoms with E-state index in [1.807, 2.05) is 0 Å². The Kier molecular flexibility index (Phi) is 4.72. The highest BCUT2D eigenvalue weighted by Gasteiger charge is 2.26. The molecule has 1 rings (SSSR count). The van der Waals surface area contributed by atoms with Crippen molar-refractivity contribution in [3.8, 4) is 0 Å². The van der Waals surface area contributed by atoms with Crippen molar-refractivity contribution in [2.75, 3.05) is 6.61 Å². The van der Waals surface area contributed by atoms with Crippen LogP contribution in [0.1, 0.15) is 44.9 Å². The molecular weight excluding hydrogens is 193 g/mol. The van der Waals surface area contributed by atoms with Crippen molar-refractivity contribution in [1.29, 1.82) is 0 Å². The Labute approximate surface area is 82.6 Å². The molecule has 0 bridgehead atoms. The standard InChI is InChI=1S/C10H17F3O/c11-10(12,13)7-4-8-14-9-5-2-1-3-6-9/h9H,1-8H2. The van der Waals surface area contributed by atoms with Crippen LogP contribution in [-0.4, -0.2) is 18.9 Å². The summed E-state index contributed by atoms with van der Waals surface area (Å²) in [6.45, 7) is 0.254. The van der Waals surface area contributed by atoms with Crippen LogP contribution in [0.5, 0.6) is 0 Å². The molecule has 84 valence electrons. The molecule has 0 radical (unpaired) electrons. The molecule has 0 aromatic rings. The number of hydrogen-bond donors (Lipinski definition) is 0. The summed E-state index contributed by atoms with van der Waals surface area (Å²) in [6.07, 6.45) is 1.15. The van der Waals surface area contributed by atoms with Crippen molar-refractivity contribution in [3.63, 3.8) is 0 Å². The number of hydrogen-bond acceptors (Lipinski definition) is 1. The van der Waals surface area contributed by atoms with Crippen molar-refractivity contribution >= 4 is 0 Å². The van der Waals surface area contributed by atoms with Gasteiger partial charge in [0, 0.05) is 13.0 Å². The van der Waals surface area contributed by atoms with Crippen LogP contribution >= 0.6 is 0 Å². The fraction of sp³-hybridized carbons (Fsp3) is 1.00. The summed E-state index contributed by atoms with van der Waals surface area (Å²) in [5.74, 6) is 0. The van der Waals surface area contributed by atoms with Gasteiger partial charge in [0.1, 0.15) is 0 Å². The quantitative estimate of drug-likeness (QED) is 0.643. The fourth-order valence-electron chi connectivity index (χ4n) is 1.75. The van der Waals surface area contributed by atoms with Gasteiger partial charge < -0.3 is 4.74 Å². The largest absolute Gasteiger partial charge is 0.389 e. The molecule has 0 N–H and O–H groups in total. The highest BCUT2D eigenvalue weighted by Crippen LogP contribution is 2.23. The second-order valence-electron chi connectivity index (χ2n) is 3.85. The van der Waals surface area contributed by atoms with E-state index in [4.69, 9.17) is 4.74 Å². The first-order chi connectivity index (χ1) is 6.58. The predicted octanol–water partition coefficient (Wildman–Crippen LogP) is 3.68. The van der Waals surface area contributed by atoms with Crippen LogP contribution in [0, 0.1) is 0 Å². The second-order valence-corrected chi connectivity index (χ2v) is 3.85. The molecule has 1 nitrogen and oxygen atoms in total. The summed E-state index contributed by atoms with van der Waals surface area (Å²) >= 11 is 0. The lowest BCUT2D eigenvalue weighted by molar-refractivity contribution is -0.139. The second kappa shape index (κ2) is 5.59. The molecule has 0 heterocycles. The maximum absolute atomic E-state index is 11.8. The van der Waals surface area contributed by atoms with Gasteiger partial charge in [-0.05, 0) is 19.3 Å². The van der Waals surface area contributed by atoms with E-state index in [9.17, 15) is 13.2 Å². The Bertz CT molecular complexity index is 150. The summed E-state index contributed by atoms with van der Waals surface area (Å²) in [6, 6.07) is 0. The third kappa shape index (κ3) is 5.47. The van der Waals surface area contributed by atoms with Crippen LogP contribution in [0.15, 0.2) is 0 Å². The van der Waals surface area contributed by atoms with Crippen LogP contribution in [0.3, 0.4) is 0 Å². The maximum atomic E-state index is 11.8. The fourth-order valence-corrected chi connectivity index (χ4v) is 1.75. The lowest BCUT2D eigenvalue weighted by Crippen LogP contribution is -2.18. The van der Waals surface area contributed by atoms with Gasteiger partial charge in [0.05, 0.1) is 6.10 Å². The van der Waals surface area contributed by atoms with Gasteiger partial charge in [-0.3, -0.25) is 0 Å². The lowest BCUT2D eigenvalue weighted by Gasteiger charge is -2.22. The number of halogens is 3. The van der Waals surface area contributed by atoms with Crippen molar-refractivity contribution in [1.82, 2.24) is 0 Å². The molecular formula is C10H17F3O. The van der Waals surface area contributed by atoms with Crippen molar-refractivity contribution in [2.45, 2.75) is 57.2 Å². The molecule has 14 heavy (non-hydrogen) atoms. The maximum Gasteiger partial charge on any atom is 0.389 e. The van der Waals surface area contributed by atoms with Crippen LogP contribution in [0.25, 0.3) is 0 Å². The van der Waals surface area contributed by atoms with Gasteiger partial charge in [0.25, 0.3) is 0 Å². The SMILES string of the molecule is FC(F)(F)CCCOC1CCCCC1. The summed E-state index contributed by atoms with van der Waals surface area (Å²) in [5.41, 5.74) is 0. The Balaban J connectivity index is 1.97. The van der Waals surface area contributed by atoms with Gasteiger partial charge >= 0.3 is 6.18 Å². The normalized spacial score (nSPS) is 19.9. The van der Waals surface area contributed by atoms with Crippen molar-refractivity contribution in [3.05, 3.63) is 0 Å². The number of ether oxygens (including phenoxy) is 1. The third-order valence-electron chi connectivity index (χ3n) is 2.51. The highest BCUT2D eigenvalue weighted by molar-refractivity contribution is 4.65. The first kappa shape index (κ1) is 11.8. The monoisotopic (exact) mass is 210 g/mol. The molecule has 4 heteroatoms. The molecule has 0 aromatic carbocycles. The minimum atomic E-state index is -4.03. The Morgan fingerprint density at radius 1 is 1.07 bits per heavy atom. The molecule has 1 aliphatic rings. The summed E-state index contributed by atoms with van der Waals surface area (Å²) in [5, 5.41) is 0. The van der Waals surface area contributed by atoms with Crippen molar-refractivity contribution < 1.29 is 17.9 Å². The van der Waals surface area contributed by atoms with E-state index in [0.717, 1.165) is 25.7 Å². The van der Waals surface area contributed by atoms with E-state index in [1.165, 1.54) is 6.42 Å². The zero-order chi connectivity index (χ0) is 10.4. The molecule has 1 saturated carbocycles. The van der Waals surface area contributed by atoms with Gasteiger partial charge in [-0.2, -0.15) is 13.2 Å². The molecule has 0 unspecified atom stereocenters. The molecule has 0 saturated heterocycles. The van der Waals surface area contributed by atoms with Gasteiger partial charge in [-0.1, -0.05) is 19.3 Å². The molecule has 1 fully saturated rings. The smallest absolute Gasteiger partial charge is 0.378 e. The van der Waals surface area contributed by atoms with Crippen molar-refractivity contribution in [2.24, 2.45) is 0 Å². The molecule has 0 spiro atoms. The van der Waals surface area contributed by atoms with Crippen LogP contribution in [0.4, 0.5) is 13.2 Å². The summed E-state index contributed by atoms with van der Waals surface area (Å²) in [4.78, 5) is 0. The molecule has 0 aromatic heterocycles. The molecule has 1 aliphatic carbocycles. The zero-order valence-electron chi connectivity index (χ0n) is 8.28. The average molecular weight is 210 g/mol. The van der Waals surface area contributed by atoms with Crippen LogP contribution in [-0.2, 0) is 4.74 Å². The van der Waals surface area contributed by atoms with Crippen LogP contribution in [0.2, 0.25) is 0 Å². The minimum Gasteiger partial charge on any atom is -0.378 e. The average Bonchev–Trinajstić information content (AvgIpc) is 2.13. The Hall–Kier alpha value is -0.250. The first-order valence-corrected chi connectivity index (χ1v) is 5.26. The molecule has 0 aliphatic heterocycles. The number of alkyl halides is 3. The molecule has 0 amide bonds. The van der Waals surface area contributed by atoms with Crippen LogP contribution < -0.4 is 0 Å². The predicted molar refractivity (Wildman–Crippen MR) is 48.1 cm³/mol. The van der Waals surface area contributed by atoms with E-state index in [-0.39, 0.29) is 19.1 Å². The van der Waals surface area contributed by atoms with E-state index in [2.05, 4.69) is 0 Å². The Morgan fingerprint density at radius 3 is 2.29 bits per heavy atom. The van der Waals surface area contributed by atoms with Gasteiger partial charge in [0.15, 0.2) is 0 Å². The van der Waals surface area contributed by atoms with Gasteiger partial charge in [0.2, 0.25) is 0 Å². The van der Waals surface area contributed by atoms with Gasteiger partial charge in [-0.15, -0.1) is 0 Å². The first-order valence-electron chi connectivity index (χ1n) is 5.26. The zero-order valence-corrected chi connectivity index (χ0v) is 8.28. The highest BCUT2D eigenvalue weighted by atomic mass is 19.4. The summed E-state index contributed by atoms with van der Waals surface area (Å²) < 4.78 is 40.7. The Morgan fingerprint density at radius 2 is 1.71 bits per heavy atom. The number of rotatable bonds is 4. The van der Waals surface area contributed by atoms with E-state index in [0.29, 0.717) is 0 Å².